The smallest absolute Gasteiger partial charge is 0.132 e. The van der Waals surface area contributed by atoms with Crippen molar-refractivity contribution in [3.8, 4) is 0 Å². The molecule has 20 heavy (non-hydrogen) atoms. The van der Waals surface area contributed by atoms with Crippen LogP contribution in [0.4, 0.5) is 11.5 Å². The molecule has 0 aliphatic rings. The molecule has 0 amide bonds. The molecular weight excluding hydrogens is 246 g/mol. The van der Waals surface area contributed by atoms with Gasteiger partial charge in [0.25, 0.3) is 0 Å². The van der Waals surface area contributed by atoms with Crippen molar-refractivity contribution in [3.05, 3.63) is 54.2 Å². The molecule has 0 aliphatic heterocycles. The molecule has 1 aromatic heterocycles. The first-order valence-corrected chi connectivity index (χ1v) is 7.26. The van der Waals surface area contributed by atoms with E-state index in [2.05, 4.69) is 53.2 Å². The van der Waals surface area contributed by atoms with Gasteiger partial charge in [-0.25, -0.2) is 4.98 Å². The molecule has 0 spiro atoms. The molecule has 0 radical (unpaired) electrons. The Morgan fingerprint density at radius 3 is 2.45 bits per heavy atom. The number of anilines is 2. The molecule has 0 saturated carbocycles. The number of unbranched alkanes of at least 4 members (excludes halogenated alkanes) is 1. The predicted molar refractivity (Wildman–Crippen MR) is 85.2 cm³/mol. The van der Waals surface area contributed by atoms with Crippen molar-refractivity contribution in [3.63, 3.8) is 0 Å². The van der Waals surface area contributed by atoms with Gasteiger partial charge in [-0.15, -0.1) is 0 Å². The average Bonchev–Trinajstić information content (AvgIpc) is 2.49. The number of rotatable bonds is 6. The second-order valence-corrected chi connectivity index (χ2v) is 5.08. The number of para-hydroxylation sites is 1. The fraction of sp³-hybridized carbons (Fsp3) is 0.353. The van der Waals surface area contributed by atoms with E-state index < -0.39 is 0 Å². The summed E-state index contributed by atoms with van der Waals surface area (Å²) < 4.78 is 0. The molecule has 1 heterocycles. The first kappa shape index (κ1) is 14.5. The number of aromatic nitrogens is 1. The molecule has 2 rings (SSSR count). The summed E-state index contributed by atoms with van der Waals surface area (Å²) in [5.41, 5.74) is 8.13. The van der Waals surface area contributed by atoms with Crippen LogP contribution in [0.15, 0.2) is 48.7 Å². The normalized spacial score (nSPS) is 12.2. The Morgan fingerprint density at radius 1 is 1.15 bits per heavy atom. The Morgan fingerprint density at radius 2 is 1.90 bits per heavy atom. The van der Waals surface area contributed by atoms with Gasteiger partial charge in [-0.3, -0.25) is 0 Å². The maximum absolute atomic E-state index is 5.88. The summed E-state index contributed by atoms with van der Waals surface area (Å²) in [5.74, 6) is 0.981. The number of benzene rings is 1. The zero-order valence-corrected chi connectivity index (χ0v) is 12.3. The monoisotopic (exact) mass is 269 g/mol. The molecule has 0 aliphatic carbocycles. The van der Waals surface area contributed by atoms with E-state index in [4.69, 9.17) is 5.73 Å². The van der Waals surface area contributed by atoms with Gasteiger partial charge in [-0.05, 0) is 37.1 Å². The molecule has 0 unspecified atom stereocenters. The van der Waals surface area contributed by atoms with E-state index in [0.29, 0.717) is 0 Å². The van der Waals surface area contributed by atoms with Gasteiger partial charge >= 0.3 is 0 Å². The summed E-state index contributed by atoms with van der Waals surface area (Å²) in [6.45, 7) is 5.16. The lowest BCUT2D eigenvalue weighted by Crippen LogP contribution is -2.19. The molecule has 3 nitrogen and oxygen atoms in total. The van der Waals surface area contributed by atoms with Crippen LogP contribution in [0, 0.1) is 0 Å². The van der Waals surface area contributed by atoms with E-state index in [1.54, 1.807) is 0 Å². The zero-order valence-electron chi connectivity index (χ0n) is 12.3. The first-order chi connectivity index (χ1) is 9.72. The second-order valence-electron chi connectivity index (χ2n) is 5.08. The van der Waals surface area contributed by atoms with Gasteiger partial charge in [0.15, 0.2) is 0 Å². The third kappa shape index (κ3) is 3.58. The standard InChI is InChI=1S/C17H23N3/c1-3-4-12-20(16-8-6-5-7-9-16)17-11-10-15(13-19-17)14(2)18/h5-11,13-14H,3-4,12,18H2,1-2H3/t14-/m1/s1. The van der Waals surface area contributed by atoms with Crippen molar-refractivity contribution >= 4 is 11.5 Å². The van der Waals surface area contributed by atoms with Crippen LogP contribution in [0.5, 0.6) is 0 Å². The van der Waals surface area contributed by atoms with Crippen LogP contribution >= 0.6 is 0 Å². The zero-order chi connectivity index (χ0) is 14.4. The summed E-state index contributed by atoms with van der Waals surface area (Å²) in [5, 5.41) is 0. The Hall–Kier alpha value is -1.87. The van der Waals surface area contributed by atoms with Gasteiger partial charge < -0.3 is 10.6 Å². The SMILES string of the molecule is CCCCN(c1ccccc1)c1ccc([C@@H](C)N)cn1. The van der Waals surface area contributed by atoms with Gasteiger partial charge in [0.1, 0.15) is 5.82 Å². The van der Waals surface area contributed by atoms with Crippen LogP contribution in [-0.4, -0.2) is 11.5 Å². The van der Waals surface area contributed by atoms with E-state index in [1.165, 1.54) is 12.1 Å². The Balaban J connectivity index is 2.26. The lowest BCUT2D eigenvalue weighted by Gasteiger charge is -2.24. The summed E-state index contributed by atoms with van der Waals surface area (Å²) in [4.78, 5) is 6.83. The van der Waals surface area contributed by atoms with Crippen LogP contribution in [0.1, 0.15) is 38.3 Å². The molecule has 106 valence electrons. The fourth-order valence-corrected chi connectivity index (χ4v) is 2.13. The lowest BCUT2D eigenvalue weighted by molar-refractivity contribution is 0.775. The number of nitrogens with zero attached hydrogens (tertiary/aromatic N) is 2. The van der Waals surface area contributed by atoms with Gasteiger partial charge in [0, 0.05) is 24.5 Å². The van der Waals surface area contributed by atoms with Gasteiger partial charge in [-0.1, -0.05) is 37.6 Å². The highest BCUT2D eigenvalue weighted by Crippen LogP contribution is 2.24. The van der Waals surface area contributed by atoms with Crippen LogP contribution in [0.3, 0.4) is 0 Å². The van der Waals surface area contributed by atoms with Crippen molar-refractivity contribution in [1.29, 1.82) is 0 Å². The number of hydrogen-bond acceptors (Lipinski definition) is 3. The fourth-order valence-electron chi connectivity index (χ4n) is 2.13. The van der Waals surface area contributed by atoms with E-state index in [9.17, 15) is 0 Å². The molecule has 0 fully saturated rings. The second kappa shape index (κ2) is 7.06. The molecule has 3 heteroatoms. The van der Waals surface area contributed by atoms with E-state index in [1.807, 2.05) is 19.2 Å². The topological polar surface area (TPSA) is 42.1 Å². The molecule has 1 aromatic carbocycles. The maximum atomic E-state index is 5.88. The number of hydrogen-bond donors (Lipinski definition) is 1. The predicted octanol–water partition coefficient (Wildman–Crippen LogP) is 4.04. The Bertz CT molecular complexity index is 506. The van der Waals surface area contributed by atoms with Crippen molar-refractivity contribution in [1.82, 2.24) is 4.98 Å². The molecular formula is C17H23N3. The summed E-state index contributed by atoms with van der Waals surface area (Å²) in [7, 11) is 0. The van der Waals surface area contributed by atoms with E-state index >= 15 is 0 Å². The largest absolute Gasteiger partial charge is 0.326 e. The third-order valence-corrected chi connectivity index (χ3v) is 3.38. The molecule has 0 saturated heterocycles. The summed E-state index contributed by atoms with van der Waals surface area (Å²) in [6, 6.07) is 14.5. The maximum Gasteiger partial charge on any atom is 0.132 e. The molecule has 2 N–H and O–H groups in total. The Kier molecular flexibility index (Phi) is 5.13. The van der Waals surface area contributed by atoms with Gasteiger partial charge in [-0.2, -0.15) is 0 Å². The van der Waals surface area contributed by atoms with Crippen LogP contribution in [0.25, 0.3) is 0 Å². The summed E-state index contributed by atoms with van der Waals surface area (Å²) >= 11 is 0. The van der Waals surface area contributed by atoms with Crippen LogP contribution in [0.2, 0.25) is 0 Å². The minimum Gasteiger partial charge on any atom is -0.326 e. The molecule has 1 atom stereocenters. The highest BCUT2D eigenvalue weighted by molar-refractivity contribution is 5.59. The van der Waals surface area contributed by atoms with E-state index in [0.717, 1.165) is 24.3 Å². The minimum absolute atomic E-state index is 0.0253. The van der Waals surface area contributed by atoms with Crippen LogP contribution < -0.4 is 10.6 Å². The highest BCUT2D eigenvalue weighted by atomic mass is 15.2. The third-order valence-electron chi connectivity index (χ3n) is 3.38. The molecule has 0 bridgehead atoms. The quantitative estimate of drug-likeness (QED) is 0.860. The van der Waals surface area contributed by atoms with Crippen molar-refractivity contribution in [2.24, 2.45) is 5.73 Å². The van der Waals surface area contributed by atoms with Crippen molar-refractivity contribution < 1.29 is 0 Å². The van der Waals surface area contributed by atoms with Crippen molar-refractivity contribution in [2.75, 3.05) is 11.4 Å². The lowest BCUT2D eigenvalue weighted by atomic mass is 10.1. The van der Waals surface area contributed by atoms with Gasteiger partial charge in [0.05, 0.1) is 0 Å². The van der Waals surface area contributed by atoms with Crippen molar-refractivity contribution in [2.45, 2.75) is 32.7 Å². The Labute approximate surface area is 121 Å². The van der Waals surface area contributed by atoms with E-state index in [-0.39, 0.29) is 6.04 Å². The summed E-state index contributed by atoms with van der Waals surface area (Å²) in [6.07, 6.45) is 4.19. The number of nitrogens with two attached hydrogens (primary N) is 1. The highest BCUT2D eigenvalue weighted by Gasteiger charge is 2.10. The van der Waals surface area contributed by atoms with Gasteiger partial charge in [0.2, 0.25) is 0 Å². The minimum atomic E-state index is 0.0253. The average molecular weight is 269 g/mol. The molecule has 2 aromatic rings. The first-order valence-electron chi connectivity index (χ1n) is 7.26. The number of pyridine rings is 1. The van der Waals surface area contributed by atoms with Crippen LogP contribution in [-0.2, 0) is 0 Å².